The average molecular weight is 951 g/mol. The maximum absolute atomic E-state index is 14.4. The second kappa shape index (κ2) is 22.5. The third kappa shape index (κ3) is 11.5. The second-order valence-electron chi connectivity index (χ2n) is 15.6. The lowest BCUT2D eigenvalue weighted by atomic mass is 9.94. The Labute approximate surface area is 391 Å². The largest absolute Gasteiger partial charge is 0.463 e. The summed E-state index contributed by atoms with van der Waals surface area (Å²) in [5.74, 6) is -4.21. The Kier molecular flexibility index (Phi) is 16.6. The molecule has 2 saturated heterocycles. The van der Waals surface area contributed by atoms with E-state index in [0.717, 1.165) is 42.4 Å². The topological polar surface area (TPSA) is 181 Å². The zero-order chi connectivity index (χ0) is 46.9. The molecule has 3 aliphatic rings. The summed E-state index contributed by atoms with van der Waals surface area (Å²) in [6.45, 7) is 2.84. The summed E-state index contributed by atoms with van der Waals surface area (Å²) >= 11 is 12.8. The minimum absolute atomic E-state index is 0.000612. The number of carbonyl (C=O) groups excluding carboxylic acids is 5. The minimum atomic E-state index is -1.69. The van der Waals surface area contributed by atoms with Gasteiger partial charge in [-0.2, -0.15) is 0 Å². The summed E-state index contributed by atoms with van der Waals surface area (Å²) in [5.41, 5.74) is 2.27. The first-order chi connectivity index (χ1) is 31.8. The van der Waals surface area contributed by atoms with Gasteiger partial charge in [-0.3, -0.25) is 28.9 Å². The molecule has 0 radical (unpaired) electrons. The van der Waals surface area contributed by atoms with Crippen LogP contribution < -0.4 is 0 Å². The summed E-state index contributed by atoms with van der Waals surface area (Å²) in [6, 6.07) is 29.5. The van der Waals surface area contributed by atoms with Crippen molar-refractivity contribution in [3.8, 4) is 0 Å². The highest BCUT2D eigenvalue weighted by molar-refractivity contribution is 6.45. The van der Waals surface area contributed by atoms with E-state index in [4.69, 9.17) is 70.6 Å². The lowest BCUT2D eigenvalue weighted by Gasteiger charge is -2.48. The van der Waals surface area contributed by atoms with Crippen LogP contribution in [0.25, 0.3) is 0 Å². The number of halogens is 2. The maximum atomic E-state index is 14.4. The predicted molar refractivity (Wildman–Crippen MR) is 234 cm³/mol. The van der Waals surface area contributed by atoms with Crippen LogP contribution >= 0.6 is 23.2 Å². The van der Waals surface area contributed by atoms with Crippen molar-refractivity contribution in [2.75, 3.05) is 20.3 Å². The van der Waals surface area contributed by atoms with Gasteiger partial charge in [0, 0.05) is 27.9 Å². The smallest absolute Gasteiger partial charge is 0.303 e. The number of benzene rings is 4. The number of carbonyl (C=O) groups is 5. The number of amides is 2. The standard InChI is InChI=1S/C48H49Cl2NO15/c1-27(52)58-25-36-41(63-28(2)53)42(64-29(3)54)39(51-45(55)33-20-21-34(49)38(50)37(33)46(51)56)47(65-36)62-26-35-40(59-22-30-14-8-5-9-15-30)43(60-23-31-16-10-6-11-17-31)44(48(57-4)66-35)61-24-32-18-12-7-13-19-32/h5-21,35-36,39-44,47-48H,22-26H2,1-4H3/t35-,36-,39-,40-,41-,42-,43+,44-,47-,48+/m1/s1. The normalized spacial score (nSPS) is 26.1. The molecule has 2 amide bonds. The van der Waals surface area contributed by atoms with Crippen LogP contribution in [0.15, 0.2) is 103 Å². The number of imide groups is 1. The molecule has 16 nitrogen and oxygen atoms in total. The van der Waals surface area contributed by atoms with Gasteiger partial charge in [0.2, 0.25) is 0 Å². The zero-order valence-corrected chi connectivity index (χ0v) is 38.0. The van der Waals surface area contributed by atoms with Crippen molar-refractivity contribution < 1.29 is 71.3 Å². The number of methoxy groups -OCH3 is 1. The van der Waals surface area contributed by atoms with Crippen molar-refractivity contribution >= 4 is 52.9 Å². The summed E-state index contributed by atoms with van der Waals surface area (Å²) in [5, 5.41) is -0.191. The minimum Gasteiger partial charge on any atom is -0.463 e. The van der Waals surface area contributed by atoms with E-state index in [-0.39, 0.29) is 41.0 Å². The first-order valence-electron chi connectivity index (χ1n) is 21.1. The van der Waals surface area contributed by atoms with Crippen LogP contribution in [-0.2, 0) is 81.6 Å². The zero-order valence-electron chi connectivity index (χ0n) is 36.5. The van der Waals surface area contributed by atoms with E-state index >= 15 is 0 Å². The predicted octanol–water partition coefficient (Wildman–Crippen LogP) is 6.25. The Bertz CT molecular complexity index is 2320. The highest BCUT2D eigenvalue weighted by Crippen LogP contribution is 2.40. The molecule has 4 aromatic carbocycles. The number of hydrogen-bond donors (Lipinski definition) is 0. The van der Waals surface area contributed by atoms with Gasteiger partial charge < -0.3 is 47.4 Å². The summed E-state index contributed by atoms with van der Waals surface area (Å²) < 4.78 is 62.4. The van der Waals surface area contributed by atoms with Crippen LogP contribution in [0.1, 0.15) is 58.2 Å². The Hall–Kier alpha value is -5.27. The van der Waals surface area contributed by atoms with E-state index < -0.39 is 104 Å². The Morgan fingerprint density at radius 2 is 1.06 bits per heavy atom. The lowest BCUT2D eigenvalue weighted by Crippen LogP contribution is -2.68. The maximum Gasteiger partial charge on any atom is 0.303 e. The fourth-order valence-corrected chi connectivity index (χ4v) is 8.51. The van der Waals surface area contributed by atoms with Gasteiger partial charge in [0.1, 0.15) is 43.2 Å². The molecule has 0 N–H and O–H groups in total. The van der Waals surface area contributed by atoms with Gasteiger partial charge >= 0.3 is 17.9 Å². The third-order valence-electron chi connectivity index (χ3n) is 11.0. The van der Waals surface area contributed by atoms with E-state index in [1.54, 1.807) is 0 Å². The van der Waals surface area contributed by atoms with Crippen molar-refractivity contribution in [3.63, 3.8) is 0 Å². The molecule has 3 aliphatic heterocycles. The first-order valence-corrected chi connectivity index (χ1v) is 21.9. The van der Waals surface area contributed by atoms with Gasteiger partial charge in [-0.15, -0.1) is 0 Å². The van der Waals surface area contributed by atoms with Crippen LogP contribution in [0.5, 0.6) is 0 Å². The highest BCUT2D eigenvalue weighted by Gasteiger charge is 2.58. The van der Waals surface area contributed by atoms with Crippen LogP contribution in [0, 0.1) is 0 Å². The molecular weight excluding hydrogens is 901 g/mol. The average Bonchev–Trinajstić information content (AvgIpc) is 3.56. The van der Waals surface area contributed by atoms with E-state index in [1.807, 2.05) is 91.0 Å². The number of ether oxygens (including phenoxy) is 10. The van der Waals surface area contributed by atoms with E-state index in [1.165, 1.54) is 19.2 Å². The van der Waals surface area contributed by atoms with Gasteiger partial charge in [0.15, 0.2) is 24.8 Å². The third-order valence-corrected chi connectivity index (χ3v) is 11.9. The number of hydrogen-bond acceptors (Lipinski definition) is 15. The molecule has 2 fully saturated rings. The Balaban J connectivity index is 1.28. The van der Waals surface area contributed by atoms with E-state index in [0.29, 0.717) is 0 Å². The molecule has 350 valence electrons. The van der Waals surface area contributed by atoms with Crippen molar-refractivity contribution in [3.05, 3.63) is 141 Å². The first kappa shape index (κ1) is 48.7. The van der Waals surface area contributed by atoms with Crippen LogP contribution in [0.3, 0.4) is 0 Å². The van der Waals surface area contributed by atoms with Gasteiger partial charge in [0.25, 0.3) is 11.8 Å². The highest BCUT2D eigenvalue weighted by atomic mass is 35.5. The fourth-order valence-electron chi connectivity index (χ4n) is 8.10. The van der Waals surface area contributed by atoms with Gasteiger partial charge in [-0.25, -0.2) is 0 Å². The van der Waals surface area contributed by atoms with Gasteiger partial charge in [-0.05, 0) is 28.8 Å². The molecule has 10 atom stereocenters. The molecule has 66 heavy (non-hydrogen) atoms. The molecule has 0 spiro atoms. The molecule has 4 aromatic rings. The number of nitrogens with zero attached hydrogens (tertiary/aromatic N) is 1. The van der Waals surface area contributed by atoms with Gasteiger partial charge in [-0.1, -0.05) is 114 Å². The summed E-state index contributed by atoms with van der Waals surface area (Å²) in [6.07, 6.45) is -11.1. The second-order valence-corrected chi connectivity index (χ2v) is 16.4. The van der Waals surface area contributed by atoms with Crippen molar-refractivity contribution in [2.24, 2.45) is 0 Å². The molecule has 0 aromatic heterocycles. The molecule has 3 heterocycles. The summed E-state index contributed by atoms with van der Waals surface area (Å²) in [7, 11) is 1.46. The van der Waals surface area contributed by atoms with Crippen LogP contribution in [0.4, 0.5) is 0 Å². The van der Waals surface area contributed by atoms with Crippen LogP contribution in [0.2, 0.25) is 10.0 Å². The number of fused-ring (bicyclic) bond motifs is 1. The fraction of sp³-hybridized carbons (Fsp3) is 0.396. The quantitative estimate of drug-likeness (QED) is 0.0620. The molecule has 7 rings (SSSR count). The number of esters is 3. The number of rotatable bonds is 18. The lowest BCUT2D eigenvalue weighted by molar-refractivity contribution is -0.336. The molecule has 0 saturated carbocycles. The molecule has 0 aliphatic carbocycles. The van der Waals surface area contributed by atoms with Crippen LogP contribution in [-0.4, -0.2) is 116 Å². The van der Waals surface area contributed by atoms with Gasteiger partial charge in [0.05, 0.1) is 47.6 Å². The molecular formula is C48H49Cl2NO15. The van der Waals surface area contributed by atoms with E-state index in [9.17, 15) is 24.0 Å². The Morgan fingerprint density at radius 1 is 0.561 bits per heavy atom. The monoisotopic (exact) mass is 949 g/mol. The Morgan fingerprint density at radius 3 is 1.59 bits per heavy atom. The SMILES string of the molecule is CO[C@H]1O[C@H](CO[C@@H]2O[C@H](COC(C)=O)[C@@H](OC(C)=O)[C@H](OC(C)=O)[C@H]2N2C(=O)c3ccc(Cl)c(Cl)c3C2=O)[C@@H](OCc2ccccc2)[C@H](OCc2ccccc2)[C@H]1OCc1ccccc1. The molecule has 18 heteroatoms. The van der Waals surface area contributed by atoms with E-state index in [2.05, 4.69) is 0 Å². The molecule has 0 unspecified atom stereocenters. The molecule has 0 bridgehead atoms. The van der Waals surface area contributed by atoms with Crippen molar-refractivity contribution in [1.82, 2.24) is 4.90 Å². The van der Waals surface area contributed by atoms with Crippen molar-refractivity contribution in [2.45, 2.75) is 102 Å². The van der Waals surface area contributed by atoms with Crippen molar-refractivity contribution in [1.29, 1.82) is 0 Å². The summed E-state index contributed by atoms with van der Waals surface area (Å²) in [4.78, 5) is 67.2.